The summed E-state index contributed by atoms with van der Waals surface area (Å²) in [5.41, 5.74) is 3.28. The van der Waals surface area contributed by atoms with Gasteiger partial charge in [0.05, 0.1) is 0 Å². The maximum atomic E-state index is 11.4. The number of carbonyl (C=O) groups excluding carboxylic acids is 2. The first-order chi connectivity index (χ1) is 14.7. The SMILES string of the molecule is O=C1C=CC=CC1=CNc1ccccc1.O=C1C=CC=CC1=CNc1ccccc1.[Ni]. The predicted octanol–water partition coefficient (Wildman–Crippen LogP) is 5.35. The van der Waals surface area contributed by atoms with E-state index >= 15 is 0 Å². The van der Waals surface area contributed by atoms with Gasteiger partial charge in [0.25, 0.3) is 0 Å². The topological polar surface area (TPSA) is 58.2 Å². The van der Waals surface area contributed by atoms with Crippen molar-refractivity contribution < 1.29 is 26.1 Å². The van der Waals surface area contributed by atoms with Crippen molar-refractivity contribution in [3.05, 3.63) is 133 Å². The van der Waals surface area contributed by atoms with Gasteiger partial charge in [-0.15, -0.1) is 0 Å². The summed E-state index contributed by atoms with van der Waals surface area (Å²) >= 11 is 0. The quantitative estimate of drug-likeness (QED) is 0.484. The second kappa shape index (κ2) is 12.8. The van der Waals surface area contributed by atoms with Crippen LogP contribution in [0.4, 0.5) is 11.4 Å². The van der Waals surface area contributed by atoms with Crippen LogP contribution in [0.15, 0.2) is 133 Å². The Labute approximate surface area is 192 Å². The van der Waals surface area contributed by atoms with E-state index in [0.717, 1.165) is 11.4 Å². The Morgan fingerprint density at radius 1 is 0.516 bits per heavy atom. The molecule has 0 atom stereocenters. The summed E-state index contributed by atoms with van der Waals surface area (Å²) in [6.45, 7) is 0. The largest absolute Gasteiger partial charge is 0.361 e. The zero-order valence-corrected chi connectivity index (χ0v) is 17.7. The van der Waals surface area contributed by atoms with E-state index in [-0.39, 0.29) is 28.1 Å². The molecule has 4 nitrogen and oxygen atoms in total. The van der Waals surface area contributed by atoms with E-state index in [1.165, 1.54) is 0 Å². The van der Waals surface area contributed by atoms with Crippen molar-refractivity contribution in [2.45, 2.75) is 0 Å². The molecule has 0 bridgehead atoms. The normalized spacial score (nSPS) is 16.5. The van der Waals surface area contributed by atoms with Gasteiger partial charge in [0.15, 0.2) is 11.6 Å². The van der Waals surface area contributed by atoms with Gasteiger partial charge in [0.2, 0.25) is 0 Å². The van der Waals surface area contributed by atoms with Crippen molar-refractivity contribution in [1.29, 1.82) is 0 Å². The van der Waals surface area contributed by atoms with Crippen LogP contribution in [0.5, 0.6) is 0 Å². The summed E-state index contributed by atoms with van der Waals surface area (Å²) in [5.74, 6) is 0.0573. The maximum Gasteiger partial charge on any atom is 0.187 e. The van der Waals surface area contributed by atoms with Crippen molar-refractivity contribution in [2.75, 3.05) is 10.6 Å². The number of hydrogen-bond acceptors (Lipinski definition) is 4. The molecule has 2 aromatic carbocycles. The summed E-state index contributed by atoms with van der Waals surface area (Å²) in [5, 5.41) is 6.15. The van der Waals surface area contributed by atoms with Gasteiger partial charge < -0.3 is 10.6 Å². The van der Waals surface area contributed by atoms with E-state index in [4.69, 9.17) is 0 Å². The van der Waals surface area contributed by atoms with Gasteiger partial charge in [0.1, 0.15) is 0 Å². The van der Waals surface area contributed by atoms with Crippen LogP contribution in [0, 0.1) is 0 Å². The monoisotopic (exact) mass is 452 g/mol. The summed E-state index contributed by atoms with van der Waals surface area (Å²) in [7, 11) is 0. The van der Waals surface area contributed by atoms with Gasteiger partial charge in [-0.25, -0.2) is 0 Å². The van der Waals surface area contributed by atoms with Gasteiger partial charge in [-0.3, -0.25) is 9.59 Å². The molecule has 0 amide bonds. The third-order valence-electron chi connectivity index (χ3n) is 4.17. The molecule has 4 rings (SSSR count). The molecule has 0 aromatic heterocycles. The number of carbonyl (C=O) groups is 2. The summed E-state index contributed by atoms with van der Waals surface area (Å²) in [6.07, 6.45) is 17.3. The second-order valence-corrected chi connectivity index (χ2v) is 6.39. The zero-order chi connectivity index (χ0) is 21.0. The number of nitrogens with one attached hydrogen (secondary N) is 2. The molecule has 31 heavy (non-hydrogen) atoms. The molecule has 0 unspecified atom stereocenters. The maximum absolute atomic E-state index is 11.4. The van der Waals surface area contributed by atoms with Crippen LogP contribution in [0.1, 0.15) is 0 Å². The van der Waals surface area contributed by atoms with Gasteiger partial charge in [-0.1, -0.05) is 60.7 Å². The van der Waals surface area contributed by atoms with Crippen LogP contribution in [0.25, 0.3) is 0 Å². The minimum absolute atomic E-state index is 0. The average Bonchev–Trinajstić information content (AvgIpc) is 2.80. The van der Waals surface area contributed by atoms with E-state index in [1.807, 2.05) is 72.8 Å². The molecule has 0 saturated carbocycles. The van der Waals surface area contributed by atoms with E-state index in [9.17, 15) is 9.59 Å². The smallest absolute Gasteiger partial charge is 0.187 e. The van der Waals surface area contributed by atoms with Gasteiger partial charge in [-0.2, -0.15) is 0 Å². The molecule has 158 valence electrons. The van der Waals surface area contributed by atoms with Crippen LogP contribution in [-0.4, -0.2) is 11.6 Å². The molecule has 0 saturated heterocycles. The number of allylic oxidation sites excluding steroid dienone is 10. The van der Waals surface area contributed by atoms with Crippen molar-refractivity contribution in [3.8, 4) is 0 Å². The predicted molar refractivity (Wildman–Crippen MR) is 123 cm³/mol. The second-order valence-electron chi connectivity index (χ2n) is 6.39. The molecule has 5 heteroatoms. The third-order valence-corrected chi connectivity index (χ3v) is 4.17. The number of anilines is 2. The Balaban J connectivity index is 0.000000213. The van der Waals surface area contributed by atoms with E-state index in [0.29, 0.717) is 11.1 Å². The van der Waals surface area contributed by atoms with Crippen LogP contribution in [-0.2, 0) is 26.1 Å². The Bertz CT molecular complexity index is 976. The first-order valence-corrected chi connectivity index (χ1v) is 9.54. The molecular weight excluding hydrogens is 431 g/mol. The van der Waals surface area contributed by atoms with E-state index in [2.05, 4.69) is 10.6 Å². The fourth-order valence-electron chi connectivity index (χ4n) is 2.59. The molecule has 0 radical (unpaired) electrons. The van der Waals surface area contributed by atoms with Gasteiger partial charge in [-0.05, 0) is 48.6 Å². The molecule has 0 aliphatic heterocycles. The minimum Gasteiger partial charge on any atom is -0.361 e. The standard InChI is InChI=1S/2C13H11NO.Ni/c2*15-13-9-5-4-6-11(13)10-14-12-7-2-1-3-8-12;/h2*1-10,14H;. The molecule has 2 aliphatic rings. The number of hydrogen-bond donors (Lipinski definition) is 2. The average molecular weight is 453 g/mol. The van der Waals surface area contributed by atoms with Crippen LogP contribution < -0.4 is 10.6 Å². The molecule has 0 heterocycles. The first-order valence-electron chi connectivity index (χ1n) is 9.54. The Hall–Kier alpha value is -3.69. The fourth-order valence-corrected chi connectivity index (χ4v) is 2.59. The zero-order valence-electron chi connectivity index (χ0n) is 16.7. The van der Waals surface area contributed by atoms with Crippen molar-refractivity contribution >= 4 is 22.9 Å². The Morgan fingerprint density at radius 3 is 1.23 bits per heavy atom. The molecule has 0 fully saturated rings. The number of rotatable bonds is 4. The first kappa shape index (κ1) is 23.6. The van der Waals surface area contributed by atoms with Gasteiger partial charge in [0, 0.05) is 51.4 Å². The number of benzene rings is 2. The Kier molecular flexibility index (Phi) is 9.73. The molecule has 0 spiro atoms. The van der Waals surface area contributed by atoms with E-state index < -0.39 is 0 Å². The van der Waals surface area contributed by atoms with Crippen LogP contribution in [0.3, 0.4) is 0 Å². The molecular formula is C26H22N2NiO2. The number of ketones is 2. The van der Waals surface area contributed by atoms with Crippen molar-refractivity contribution in [3.63, 3.8) is 0 Å². The summed E-state index contributed by atoms with van der Waals surface area (Å²) in [6, 6.07) is 19.5. The van der Waals surface area contributed by atoms with Crippen LogP contribution >= 0.6 is 0 Å². The molecule has 2 N–H and O–H groups in total. The van der Waals surface area contributed by atoms with Crippen LogP contribution in [0.2, 0.25) is 0 Å². The Morgan fingerprint density at radius 2 is 0.871 bits per heavy atom. The van der Waals surface area contributed by atoms with Gasteiger partial charge >= 0.3 is 0 Å². The number of para-hydroxylation sites is 2. The molecule has 2 aromatic rings. The van der Waals surface area contributed by atoms with Crippen molar-refractivity contribution in [2.24, 2.45) is 0 Å². The fraction of sp³-hybridized carbons (Fsp3) is 0. The van der Waals surface area contributed by atoms with E-state index in [1.54, 1.807) is 48.9 Å². The summed E-state index contributed by atoms with van der Waals surface area (Å²) in [4.78, 5) is 22.7. The van der Waals surface area contributed by atoms with Crippen molar-refractivity contribution in [1.82, 2.24) is 0 Å². The third kappa shape index (κ3) is 7.92. The minimum atomic E-state index is 0. The summed E-state index contributed by atoms with van der Waals surface area (Å²) < 4.78 is 0. The molecule has 2 aliphatic carbocycles.